The van der Waals surface area contributed by atoms with Crippen LogP contribution in [0.4, 0.5) is 13.6 Å². The number of esters is 1. The molecule has 0 saturated heterocycles. The molecular weight excluding hydrogens is 290 g/mol. The fourth-order valence-corrected chi connectivity index (χ4v) is 1.24. The van der Waals surface area contributed by atoms with Crippen LogP contribution in [-0.4, -0.2) is 38.2 Å². The number of imide groups is 1. The first-order valence-electron chi connectivity index (χ1n) is 5.66. The summed E-state index contributed by atoms with van der Waals surface area (Å²) in [5.74, 6) is -1.96. The zero-order valence-electron chi connectivity index (χ0n) is 10.9. The lowest BCUT2D eigenvalue weighted by Gasteiger charge is -2.07. The third kappa shape index (κ3) is 5.85. The maximum absolute atomic E-state index is 12.0. The molecule has 1 aromatic carbocycles. The molecule has 1 aromatic rings. The fraction of sp³-hybridized carbons (Fsp3) is 0.250. The minimum absolute atomic E-state index is 0.0686. The summed E-state index contributed by atoms with van der Waals surface area (Å²) >= 11 is 0. The molecule has 0 bridgehead atoms. The highest BCUT2D eigenvalue weighted by molar-refractivity contribution is 5.97. The standard InChI is InChI=1S/C12H12F2N2O5/c1-15-12(19)16-9(17)6-20-10(18)7-3-2-4-8(5-7)21-11(13)14/h2-5,11H,6H2,1H3,(H2,15,16,17,19). The number of hydrogen-bond acceptors (Lipinski definition) is 5. The molecule has 0 fully saturated rings. The maximum Gasteiger partial charge on any atom is 0.387 e. The van der Waals surface area contributed by atoms with Crippen molar-refractivity contribution in [3.05, 3.63) is 29.8 Å². The zero-order chi connectivity index (χ0) is 15.8. The van der Waals surface area contributed by atoms with Gasteiger partial charge in [-0.15, -0.1) is 0 Å². The average molecular weight is 302 g/mol. The van der Waals surface area contributed by atoms with Crippen LogP contribution in [-0.2, 0) is 9.53 Å². The van der Waals surface area contributed by atoms with Crippen molar-refractivity contribution in [2.75, 3.05) is 13.7 Å². The van der Waals surface area contributed by atoms with Gasteiger partial charge in [-0.25, -0.2) is 9.59 Å². The largest absolute Gasteiger partial charge is 0.452 e. The molecule has 114 valence electrons. The molecule has 3 amide bonds. The van der Waals surface area contributed by atoms with Gasteiger partial charge in [0.25, 0.3) is 5.91 Å². The van der Waals surface area contributed by atoms with Gasteiger partial charge in [0.2, 0.25) is 0 Å². The number of nitrogens with one attached hydrogen (secondary N) is 2. The molecule has 0 aliphatic heterocycles. The van der Waals surface area contributed by atoms with Crippen LogP contribution in [0.1, 0.15) is 10.4 Å². The van der Waals surface area contributed by atoms with Crippen molar-refractivity contribution in [2.45, 2.75) is 6.61 Å². The van der Waals surface area contributed by atoms with Crippen molar-refractivity contribution in [1.29, 1.82) is 0 Å². The van der Waals surface area contributed by atoms with E-state index in [-0.39, 0.29) is 11.3 Å². The molecule has 0 unspecified atom stereocenters. The molecular formula is C12H12F2N2O5. The summed E-state index contributed by atoms with van der Waals surface area (Å²) in [7, 11) is 1.31. The minimum Gasteiger partial charge on any atom is -0.452 e. The highest BCUT2D eigenvalue weighted by atomic mass is 19.3. The molecule has 9 heteroatoms. The Hall–Kier alpha value is -2.71. The first-order chi connectivity index (χ1) is 9.92. The maximum atomic E-state index is 12.0. The molecule has 21 heavy (non-hydrogen) atoms. The van der Waals surface area contributed by atoms with E-state index >= 15 is 0 Å². The molecule has 0 heterocycles. The van der Waals surface area contributed by atoms with E-state index in [4.69, 9.17) is 0 Å². The number of rotatable bonds is 5. The van der Waals surface area contributed by atoms with E-state index in [1.807, 2.05) is 5.32 Å². The monoisotopic (exact) mass is 302 g/mol. The van der Waals surface area contributed by atoms with Crippen LogP contribution < -0.4 is 15.4 Å². The second kappa shape index (κ2) is 7.78. The summed E-state index contributed by atoms with van der Waals surface area (Å²) in [5, 5.41) is 4.03. The van der Waals surface area contributed by atoms with Crippen molar-refractivity contribution in [1.82, 2.24) is 10.6 Å². The number of benzene rings is 1. The lowest BCUT2D eigenvalue weighted by molar-refractivity contribution is -0.123. The van der Waals surface area contributed by atoms with E-state index in [0.717, 1.165) is 6.07 Å². The predicted octanol–water partition coefficient (Wildman–Crippen LogP) is 0.900. The summed E-state index contributed by atoms with van der Waals surface area (Å²) in [5.41, 5.74) is -0.0686. The number of carbonyl (C=O) groups is 3. The average Bonchev–Trinajstić information content (AvgIpc) is 2.44. The number of amides is 3. The van der Waals surface area contributed by atoms with Crippen molar-refractivity contribution in [3.63, 3.8) is 0 Å². The smallest absolute Gasteiger partial charge is 0.387 e. The molecule has 1 rings (SSSR count). The number of urea groups is 1. The van der Waals surface area contributed by atoms with Crippen LogP contribution in [0.2, 0.25) is 0 Å². The Kier molecular flexibility index (Phi) is 6.05. The van der Waals surface area contributed by atoms with E-state index in [1.165, 1.54) is 25.2 Å². The molecule has 0 radical (unpaired) electrons. The predicted molar refractivity (Wildman–Crippen MR) is 66.0 cm³/mol. The third-order valence-electron chi connectivity index (χ3n) is 2.11. The first kappa shape index (κ1) is 16.3. The van der Waals surface area contributed by atoms with Crippen LogP contribution in [0.25, 0.3) is 0 Å². The molecule has 0 saturated carbocycles. The van der Waals surface area contributed by atoms with E-state index in [2.05, 4.69) is 14.8 Å². The van der Waals surface area contributed by atoms with E-state index in [0.29, 0.717) is 0 Å². The number of halogens is 2. The lowest BCUT2D eigenvalue weighted by Crippen LogP contribution is -2.39. The highest BCUT2D eigenvalue weighted by Gasteiger charge is 2.13. The Labute approximate surface area is 118 Å². The second-order valence-electron chi connectivity index (χ2n) is 3.61. The van der Waals surface area contributed by atoms with Crippen LogP contribution >= 0.6 is 0 Å². The van der Waals surface area contributed by atoms with Gasteiger partial charge in [-0.2, -0.15) is 8.78 Å². The molecule has 2 N–H and O–H groups in total. The fourth-order valence-electron chi connectivity index (χ4n) is 1.24. The van der Waals surface area contributed by atoms with Crippen LogP contribution in [0.3, 0.4) is 0 Å². The van der Waals surface area contributed by atoms with Gasteiger partial charge >= 0.3 is 18.6 Å². The van der Waals surface area contributed by atoms with Gasteiger partial charge in [-0.3, -0.25) is 10.1 Å². The molecule has 7 nitrogen and oxygen atoms in total. The van der Waals surface area contributed by atoms with Gasteiger partial charge in [0.05, 0.1) is 5.56 Å². The Morgan fingerprint density at radius 2 is 2.00 bits per heavy atom. The summed E-state index contributed by atoms with van der Waals surface area (Å²) < 4.78 is 32.8. The van der Waals surface area contributed by atoms with Gasteiger partial charge in [0.15, 0.2) is 6.61 Å². The summed E-state index contributed by atoms with van der Waals surface area (Å²) in [6.07, 6.45) is 0. The topological polar surface area (TPSA) is 93.7 Å². The first-order valence-corrected chi connectivity index (χ1v) is 5.66. The normalized spacial score (nSPS) is 9.90. The third-order valence-corrected chi connectivity index (χ3v) is 2.11. The highest BCUT2D eigenvalue weighted by Crippen LogP contribution is 2.16. The van der Waals surface area contributed by atoms with Gasteiger partial charge in [0, 0.05) is 7.05 Å². The lowest BCUT2D eigenvalue weighted by atomic mass is 10.2. The molecule has 0 spiro atoms. The molecule has 0 aliphatic rings. The van der Waals surface area contributed by atoms with Gasteiger partial charge < -0.3 is 14.8 Å². The van der Waals surface area contributed by atoms with Crippen molar-refractivity contribution >= 4 is 17.9 Å². The van der Waals surface area contributed by atoms with E-state index in [9.17, 15) is 23.2 Å². The zero-order valence-corrected chi connectivity index (χ0v) is 10.9. The number of carbonyl (C=O) groups excluding carboxylic acids is 3. The van der Waals surface area contributed by atoms with Gasteiger partial charge in [-0.1, -0.05) is 6.07 Å². The van der Waals surface area contributed by atoms with Crippen LogP contribution in [0, 0.1) is 0 Å². The molecule has 0 aromatic heterocycles. The van der Waals surface area contributed by atoms with Gasteiger partial charge in [0.1, 0.15) is 5.75 Å². The Balaban J connectivity index is 2.55. The van der Waals surface area contributed by atoms with Crippen LogP contribution in [0.15, 0.2) is 24.3 Å². The molecule has 0 atom stereocenters. The Morgan fingerprint density at radius 1 is 1.29 bits per heavy atom. The second-order valence-corrected chi connectivity index (χ2v) is 3.61. The summed E-state index contributed by atoms with van der Waals surface area (Å²) in [6.45, 7) is -3.71. The number of ether oxygens (including phenoxy) is 2. The van der Waals surface area contributed by atoms with E-state index in [1.54, 1.807) is 0 Å². The minimum atomic E-state index is -3.02. The quantitative estimate of drug-likeness (QED) is 0.788. The number of hydrogen-bond donors (Lipinski definition) is 2. The molecule has 0 aliphatic carbocycles. The Morgan fingerprint density at radius 3 is 2.62 bits per heavy atom. The van der Waals surface area contributed by atoms with Crippen molar-refractivity contribution in [2.24, 2.45) is 0 Å². The van der Waals surface area contributed by atoms with Crippen molar-refractivity contribution < 1.29 is 32.6 Å². The summed E-state index contributed by atoms with van der Waals surface area (Å²) in [4.78, 5) is 33.6. The van der Waals surface area contributed by atoms with E-state index < -0.39 is 31.1 Å². The summed E-state index contributed by atoms with van der Waals surface area (Å²) in [6, 6.07) is 4.16. The Bertz CT molecular complexity index is 536. The van der Waals surface area contributed by atoms with Crippen LogP contribution in [0.5, 0.6) is 5.75 Å². The number of alkyl halides is 2. The SMILES string of the molecule is CNC(=O)NC(=O)COC(=O)c1cccc(OC(F)F)c1. The van der Waals surface area contributed by atoms with Crippen molar-refractivity contribution in [3.8, 4) is 5.75 Å². The van der Waals surface area contributed by atoms with Gasteiger partial charge in [-0.05, 0) is 18.2 Å².